The minimum atomic E-state index is 0.316. The van der Waals surface area contributed by atoms with Crippen molar-refractivity contribution in [2.24, 2.45) is 5.92 Å². The Kier molecular flexibility index (Phi) is 5.72. The van der Waals surface area contributed by atoms with Crippen molar-refractivity contribution in [2.75, 3.05) is 20.8 Å². The molecule has 1 aromatic carbocycles. The topological polar surface area (TPSA) is 30.5 Å². The van der Waals surface area contributed by atoms with Crippen LogP contribution in [-0.4, -0.2) is 20.8 Å². The van der Waals surface area contributed by atoms with Gasteiger partial charge < -0.3 is 14.8 Å². The number of benzene rings is 1. The second kappa shape index (κ2) is 7.53. The van der Waals surface area contributed by atoms with Crippen LogP contribution >= 0.6 is 0 Å². The monoisotopic (exact) mass is 277 g/mol. The third-order valence-corrected chi connectivity index (χ3v) is 4.32. The van der Waals surface area contributed by atoms with Crippen LogP contribution in [0.4, 0.5) is 0 Å². The van der Waals surface area contributed by atoms with Crippen LogP contribution in [0.3, 0.4) is 0 Å². The van der Waals surface area contributed by atoms with Crippen LogP contribution in [0.1, 0.15) is 50.6 Å². The maximum absolute atomic E-state index is 5.99. The summed E-state index contributed by atoms with van der Waals surface area (Å²) in [5.74, 6) is 2.41. The molecule has 3 heteroatoms. The summed E-state index contributed by atoms with van der Waals surface area (Å²) in [5, 5.41) is 3.24. The first-order chi connectivity index (χ1) is 9.74. The van der Waals surface area contributed by atoms with Crippen molar-refractivity contribution in [2.45, 2.75) is 45.1 Å². The van der Waals surface area contributed by atoms with Gasteiger partial charge in [-0.25, -0.2) is 0 Å². The van der Waals surface area contributed by atoms with E-state index in [1.807, 2.05) is 13.1 Å². The predicted molar refractivity (Wildman–Crippen MR) is 82.5 cm³/mol. The van der Waals surface area contributed by atoms with Crippen LogP contribution in [0.25, 0.3) is 0 Å². The maximum Gasteiger partial charge on any atom is 0.161 e. The van der Waals surface area contributed by atoms with E-state index in [0.717, 1.165) is 18.1 Å². The molecule has 1 saturated carbocycles. The van der Waals surface area contributed by atoms with Gasteiger partial charge in [0.05, 0.1) is 13.7 Å². The first-order valence-corrected chi connectivity index (χ1v) is 7.72. The predicted octanol–water partition coefficient (Wildman–Crippen LogP) is 3.93. The molecular weight excluding hydrogens is 250 g/mol. The van der Waals surface area contributed by atoms with E-state index in [2.05, 4.69) is 24.4 Å². The van der Waals surface area contributed by atoms with Crippen molar-refractivity contribution in [3.63, 3.8) is 0 Å². The zero-order valence-electron chi connectivity index (χ0n) is 12.9. The molecule has 0 bridgehead atoms. The Labute approximate surface area is 122 Å². The fourth-order valence-corrected chi connectivity index (χ4v) is 2.80. The maximum atomic E-state index is 5.99. The number of hydrogen-bond donors (Lipinski definition) is 1. The average Bonchev–Trinajstić information content (AvgIpc) is 2.53. The Bertz CT molecular complexity index is 413. The molecule has 0 saturated heterocycles. The van der Waals surface area contributed by atoms with Crippen LogP contribution in [0.15, 0.2) is 18.2 Å². The normalized spacial score (nSPS) is 17.8. The van der Waals surface area contributed by atoms with Gasteiger partial charge in [-0.05, 0) is 50.4 Å². The van der Waals surface area contributed by atoms with Gasteiger partial charge in [-0.1, -0.05) is 25.3 Å². The highest BCUT2D eigenvalue weighted by molar-refractivity contribution is 5.43. The molecule has 1 atom stereocenters. The summed E-state index contributed by atoms with van der Waals surface area (Å²) >= 11 is 0. The van der Waals surface area contributed by atoms with Gasteiger partial charge in [0.25, 0.3) is 0 Å². The molecule has 3 nitrogen and oxygen atoms in total. The van der Waals surface area contributed by atoms with E-state index in [4.69, 9.17) is 9.47 Å². The van der Waals surface area contributed by atoms with Crippen molar-refractivity contribution < 1.29 is 9.47 Å². The van der Waals surface area contributed by atoms with Crippen molar-refractivity contribution in [3.05, 3.63) is 23.8 Å². The molecule has 0 radical (unpaired) electrons. The SMILES string of the molecule is CNC(C)c1ccc(OCC2CCCCC2)c(OC)c1. The second-order valence-electron chi connectivity index (χ2n) is 5.74. The fraction of sp³-hybridized carbons (Fsp3) is 0.647. The molecule has 0 spiro atoms. The zero-order chi connectivity index (χ0) is 14.4. The van der Waals surface area contributed by atoms with Gasteiger partial charge in [0, 0.05) is 6.04 Å². The molecule has 20 heavy (non-hydrogen) atoms. The molecule has 2 rings (SSSR count). The first kappa shape index (κ1) is 15.2. The highest BCUT2D eigenvalue weighted by Gasteiger charge is 2.15. The minimum Gasteiger partial charge on any atom is -0.493 e. The molecule has 1 N–H and O–H groups in total. The third kappa shape index (κ3) is 3.89. The average molecular weight is 277 g/mol. The van der Waals surface area contributed by atoms with Crippen LogP contribution in [0.5, 0.6) is 11.5 Å². The lowest BCUT2D eigenvalue weighted by Crippen LogP contribution is -2.16. The Morgan fingerprint density at radius 1 is 1.20 bits per heavy atom. The summed E-state index contributed by atoms with van der Waals surface area (Å²) in [6.45, 7) is 2.95. The Hall–Kier alpha value is -1.22. The van der Waals surface area contributed by atoms with Gasteiger partial charge in [0.2, 0.25) is 0 Å². The van der Waals surface area contributed by atoms with Gasteiger partial charge in [-0.2, -0.15) is 0 Å². The smallest absolute Gasteiger partial charge is 0.161 e. The number of methoxy groups -OCH3 is 1. The third-order valence-electron chi connectivity index (χ3n) is 4.32. The molecule has 1 aliphatic carbocycles. The van der Waals surface area contributed by atoms with Crippen LogP contribution < -0.4 is 14.8 Å². The molecule has 1 fully saturated rings. The molecular formula is C17H27NO2. The summed E-state index contributed by atoms with van der Waals surface area (Å²) in [5.41, 5.74) is 1.22. The lowest BCUT2D eigenvalue weighted by Gasteiger charge is -2.22. The minimum absolute atomic E-state index is 0.316. The molecule has 1 unspecified atom stereocenters. The fourth-order valence-electron chi connectivity index (χ4n) is 2.80. The summed E-state index contributed by atoms with van der Waals surface area (Å²) in [4.78, 5) is 0. The van der Waals surface area contributed by atoms with E-state index in [1.165, 1.54) is 37.7 Å². The quantitative estimate of drug-likeness (QED) is 0.854. The first-order valence-electron chi connectivity index (χ1n) is 7.72. The molecule has 0 heterocycles. The van der Waals surface area contributed by atoms with Crippen molar-refractivity contribution >= 4 is 0 Å². The number of nitrogens with one attached hydrogen (secondary N) is 1. The van der Waals surface area contributed by atoms with E-state index >= 15 is 0 Å². The summed E-state index contributed by atoms with van der Waals surface area (Å²) in [7, 11) is 3.67. The van der Waals surface area contributed by atoms with Crippen molar-refractivity contribution in [3.8, 4) is 11.5 Å². The number of rotatable bonds is 6. The second-order valence-corrected chi connectivity index (χ2v) is 5.74. The molecule has 1 aromatic rings. The van der Waals surface area contributed by atoms with E-state index in [9.17, 15) is 0 Å². The van der Waals surface area contributed by atoms with Crippen LogP contribution in [-0.2, 0) is 0 Å². The van der Waals surface area contributed by atoms with Crippen LogP contribution in [0.2, 0.25) is 0 Å². The number of hydrogen-bond acceptors (Lipinski definition) is 3. The Balaban J connectivity index is 1.99. The zero-order valence-corrected chi connectivity index (χ0v) is 12.9. The Morgan fingerprint density at radius 2 is 1.95 bits per heavy atom. The lowest BCUT2D eigenvalue weighted by molar-refractivity contribution is 0.202. The molecule has 0 amide bonds. The summed E-state index contributed by atoms with van der Waals surface area (Å²) in [6, 6.07) is 6.53. The standard InChI is InChI=1S/C17H27NO2/c1-13(18-2)15-9-10-16(17(11-15)19-3)20-12-14-7-5-4-6-8-14/h9-11,13-14,18H,4-8,12H2,1-3H3. The molecule has 112 valence electrons. The summed E-state index contributed by atoms with van der Waals surface area (Å²) in [6.07, 6.45) is 6.69. The van der Waals surface area contributed by atoms with Gasteiger partial charge in [0.15, 0.2) is 11.5 Å². The van der Waals surface area contributed by atoms with Gasteiger partial charge in [0.1, 0.15) is 0 Å². The van der Waals surface area contributed by atoms with E-state index in [1.54, 1.807) is 7.11 Å². The van der Waals surface area contributed by atoms with E-state index in [-0.39, 0.29) is 0 Å². The van der Waals surface area contributed by atoms with Crippen molar-refractivity contribution in [1.29, 1.82) is 0 Å². The molecule has 1 aliphatic rings. The Morgan fingerprint density at radius 3 is 2.60 bits per heavy atom. The number of ether oxygens (including phenoxy) is 2. The van der Waals surface area contributed by atoms with Gasteiger partial charge in [-0.3, -0.25) is 0 Å². The molecule has 0 aliphatic heterocycles. The lowest BCUT2D eigenvalue weighted by atomic mass is 9.90. The van der Waals surface area contributed by atoms with E-state index < -0.39 is 0 Å². The largest absolute Gasteiger partial charge is 0.493 e. The highest BCUT2D eigenvalue weighted by atomic mass is 16.5. The molecule has 0 aromatic heterocycles. The van der Waals surface area contributed by atoms with Gasteiger partial charge in [-0.15, -0.1) is 0 Å². The van der Waals surface area contributed by atoms with Crippen LogP contribution in [0, 0.1) is 5.92 Å². The van der Waals surface area contributed by atoms with E-state index in [0.29, 0.717) is 12.0 Å². The summed E-state index contributed by atoms with van der Waals surface area (Å²) < 4.78 is 11.5. The van der Waals surface area contributed by atoms with Crippen molar-refractivity contribution in [1.82, 2.24) is 5.32 Å². The highest BCUT2D eigenvalue weighted by Crippen LogP contribution is 2.32. The van der Waals surface area contributed by atoms with Gasteiger partial charge >= 0.3 is 0 Å².